The number of nitrogens with zero attached hydrogens (tertiary/aromatic N) is 1. The average molecular weight is 419 g/mol. The third-order valence-corrected chi connectivity index (χ3v) is 5.56. The Balaban J connectivity index is 1.93. The fraction of sp³-hybridized carbons (Fsp3) is 0.364. The van der Waals surface area contributed by atoms with Gasteiger partial charge in [0, 0.05) is 17.6 Å². The molecule has 1 atom stereocenters. The monoisotopic (exact) mass is 418 g/mol. The maximum Gasteiger partial charge on any atom is 0.247 e. The lowest BCUT2D eigenvalue weighted by Crippen LogP contribution is -2.46. The summed E-state index contributed by atoms with van der Waals surface area (Å²) in [6.45, 7) is 0.303. The second-order valence-corrected chi connectivity index (χ2v) is 7.79. The highest BCUT2D eigenvalue weighted by molar-refractivity contribution is 6.30. The molecule has 1 N–H and O–H groups in total. The summed E-state index contributed by atoms with van der Waals surface area (Å²) in [6, 6.07) is 16.1. The molecule has 0 saturated heterocycles. The first-order chi connectivity index (χ1) is 13.6. The van der Waals surface area contributed by atoms with Gasteiger partial charge in [-0.15, -0.1) is 11.6 Å². The molecular formula is C22H24Cl2N2O2. The van der Waals surface area contributed by atoms with Crippen molar-refractivity contribution in [2.75, 3.05) is 5.88 Å². The SMILES string of the molecule is O=C(NC1CCCC1)C(c1ccc(Cl)cc1)N(Cc1ccccc1)C(=O)CCl. The van der Waals surface area contributed by atoms with Crippen molar-refractivity contribution in [1.29, 1.82) is 0 Å². The van der Waals surface area contributed by atoms with Crippen LogP contribution in [0.25, 0.3) is 0 Å². The predicted octanol–water partition coefficient (Wildman–Crippen LogP) is 4.71. The molecule has 3 rings (SSSR count). The number of hydrogen-bond acceptors (Lipinski definition) is 2. The fourth-order valence-corrected chi connectivity index (χ4v) is 3.93. The van der Waals surface area contributed by atoms with E-state index in [4.69, 9.17) is 23.2 Å². The van der Waals surface area contributed by atoms with Crippen molar-refractivity contribution in [3.8, 4) is 0 Å². The van der Waals surface area contributed by atoms with Gasteiger partial charge in [-0.3, -0.25) is 9.59 Å². The summed E-state index contributed by atoms with van der Waals surface area (Å²) in [4.78, 5) is 27.5. The zero-order valence-corrected chi connectivity index (χ0v) is 17.1. The Labute approximate surface area is 175 Å². The topological polar surface area (TPSA) is 49.4 Å². The zero-order chi connectivity index (χ0) is 19.9. The van der Waals surface area contributed by atoms with E-state index < -0.39 is 6.04 Å². The molecular weight excluding hydrogens is 395 g/mol. The first-order valence-corrected chi connectivity index (χ1v) is 10.4. The van der Waals surface area contributed by atoms with Crippen molar-refractivity contribution in [2.24, 2.45) is 0 Å². The molecule has 0 aromatic heterocycles. The molecule has 1 fully saturated rings. The van der Waals surface area contributed by atoms with Crippen LogP contribution in [0.4, 0.5) is 0 Å². The van der Waals surface area contributed by atoms with Gasteiger partial charge in [-0.1, -0.05) is 66.9 Å². The summed E-state index contributed by atoms with van der Waals surface area (Å²) in [5, 5.41) is 3.71. The van der Waals surface area contributed by atoms with Gasteiger partial charge in [0.05, 0.1) is 0 Å². The first kappa shape index (κ1) is 20.7. The van der Waals surface area contributed by atoms with Gasteiger partial charge in [0.15, 0.2) is 0 Å². The lowest BCUT2D eigenvalue weighted by molar-refractivity contribution is -0.140. The van der Waals surface area contributed by atoms with Gasteiger partial charge in [0.25, 0.3) is 0 Å². The number of carbonyl (C=O) groups excluding carboxylic acids is 2. The minimum Gasteiger partial charge on any atom is -0.351 e. The van der Waals surface area contributed by atoms with Crippen LogP contribution in [-0.4, -0.2) is 28.6 Å². The Morgan fingerprint density at radius 1 is 1.04 bits per heavy atom. The van der Waals surface area contributed by atoms with Gasteiger partial charge in [0.1, 0.15) is 11.9 Å². The van der Waals surface area contributed by atoms with Crippen molar-refractivity contribution >= 4 is 35.0 Å². The van der Waals surface area contributed by atoms with E-state index in [1.165, 1.54) is 0 Å². The number of carbonyl (C=O) groups is 2. The van der Waals surface area contributed by atoms with Gasteiger partial charge in [0.2, 0.25) is 11.8 Å². The highest BCUT2D eigenvalue weighted by Crippen LogP contribution is 2.27. The van der Waals surface area contributed by atoms with Crippen molar-refractivity contribution in [3.05, 3.63) is 70.7 Å². The molecule has 0 aliphatic heterocycles. The highest BCUT2D eigenvalue weighted by Gasteiger charge is 2.32. The second-order valence-electron chi connectivity index (χ2n) is 7.08. The largest absolute Gasteiger partial charge is 0.351 e. The van der Waals surface area contributed by atoms with Gasteiger partial charge >= 0.3 is 0 Å². The predicted molar refractivity (Wildman–Crippen MR) is 112 cm³/mol. The Morgan fingerprint density at radius 2 is 1.68 bits per heavy atom. The minimum atomic E-state index is -0.760. The van der Waals surface area contributed by atoms with Gasteiger partial charge in [-0.05, 0) is 36.1 Å². The van der Waals surface area contributed by atoms with Crippen LogP contribution in [0.5, 0.6) is 0 Å². The summed E-state index contributed by atoms with van der Waals surface area (Å²) in [6.07, 6.45) is 4.18. The molecule has 4 nitrogen and oxygen atoms in total. The van der Waals surface area contributed by atoms with E-state index in [1.54, 1.807) is 29.2 Å². The van der Waals surface area contributed by atoms with Crippen LogP contribution in [0.2, 0.25) is 5.02 Å². The van der Waals surface area contributed by atoms with Crippen molar-refractivity contribution in [3.63, 3.8) is 0 Å². The third kappa shape index (κ3) is 5.27. The summed E-state index contributed by atoms with van der Waals surface area (Å²) >= 11 is 11.9. The normalized spacial score (nSPS) is 15.2. The summed E-state index contributed by atoms with van der Waals surface area (Å²) in [7, 11) is 0. The minimum absolute atomic E-state index is 0.159. The molecule has 1 unspecified atom stereocenters. The number of alkyl halides is 1. The maximum absolute atomic E-state index is 13.3. The zero-order valence-electron chi connectivity index (χ0n) is 15.6. The summed E-state index contributed by atoms with van der Waals surface area (Å²) < 4.78 is 0. The number of halogens is 2. The summed E-state index contributed by atoms with van der Waals surface area (Å²) in [5.74, 6) is -0.649. The lowest BCUT2D eigenvalue weighted by atomic mass is 10.0. The first-order valence-electron chi connectivity index (χ1n) is 9.53. The molecule has 2 aromatic carbocycles. The second kappa shape index (κ2) is 9.94. The molecule has 1 saturated carbocycles. The van der Waals surface area contributed by atoms with Crippen molar-refractivity contribution < 1.29 is 9.59 Å². The Hall–Kier alpha value is -2.04. The molecule has 1 aliphatic carbocycles. The van der Waals surface area contributed by atoms with Crippen LogP contribution in [0, 0.1) is 0 Å². The van der Waals surface area contributed by atoms with Crippen LogP contribution >= 0.6 is 23.2 Å². The van der Waals surface area contributed by atoms with Crippen LogP contribution in [0.1, 0.15) is 42.9 Å². The van der Waals surface area contributed by atoms with E-state index in [9.17, 15) is 9.59 Å². The van der Waals surface area contributed by atoms with Crippen LogP contribution < -0.4 is 5.32 Å². The molecule has 2 aromatic rings. The van der Waals surface area contributed by atoms with E-state index in [1.807, 2.05) is 30.3 Å². The number of benzene rings is 2. The van der Waals surface area contributed by atoms with E-state index in [-0.39, 0.29) is 23.7 Å². The van der Waals surface area contributed by atoms with Crippen LogP contribution in [0.15, 0.2) is 54.6 Å². The molecule has 1 aliphatic rings. The van der Waals surface area contributed by atoms with Crippen LogP contribution in [0.3, 0.4) is 0 Å². The highest BCUT2D eigenvalue weighted by atomic mass is 35.5. The quantitative estimate of drug-likeness (QED) is 0.661. The molecule has 28 heavy (non-hydrogen) atoms. The molecule has 0 spiro atoms. The molecule has 0 heterocycles. The molecule has 2 amide bonds. The smallest absolute Gasteiger partial charge is 0.247 e. The lowest BCUT2D eigenvalue weighted by Gasteiger charge is -2.32. The van der Waals surface area contributed by atoms with Crippen LogP contribution in [-0.2, 0) is 16.1 Å². The number of nitrogens with one attached hydrogen (secondary N) is 1. The molecule has 148 valence electrons. The molecule has 0 radical (unpaired) electrons. The molecule has 6 heteroatoms. The Bertz CT molecular complexity index is 790. The number of hydrogen-bond donors (Lipinski definition) is 1. The van der Waals surface area contributed by atoms with Crippen molar-refractivity contribution in [1.82, 2.24) is 10.2 Å². The van der Waals surface area contributed by atoms with E-state index in [2.05, 4.69) is 5.32 Å². The third-order valence-electron chi connectivity index (χ3n) is 5.08. The van der Waals surface area contributed by atoms with E-state index >= 15 is 0 Å². The maximum atomic E-state index is 13.3. The van der Waals surface area contributed by atoms with E-state index in [0.717, 1.165) is 31.2 Å². The van der Waals surface area contributed by atoms with Crippen molar-refractivity contribution in [2.45, 2.75) is 44.3 Å². The molecule has 0 bridgehead atoms. The van der Waals surface area contributed by atoms with Gasteiger partial charge < -0.3 is 10.2 Å². The number of rotatable bonds is 7. The van der Waals surface area contributed by atoms with Gasteiger partial charge in [-0.2, -0.15) is 0 Å². The van der Waals surface area contributed by atoms with E-state index in [0.29, 0.717) is 17.1 Å². The number of amides is 2. The average Bonchev–Trinajstić information content (AvgIpc) is 3.22. The van der Waals surface area contributed by atoms with Gasteiger partial charge in [-0.25, -0.2) is 0 Å². The fourth-order valence-electron chi connectivity index (χ4n) is 3.65. The standard InChI is InChI=1S/C22H24Cl2N2O2/c23-14-20(27)26(15-16-6-2-1-3-7-16)21(17-10-12-18(24)13-11-17)22(28)25-19-8-4-5-9-19/h1-3,6-7,10-13,19,21H,4-5,8-9,14-15H2,(H,25,28). The Kier molecular flexibility index (Phi) is 7.35. The Morgan fingerprint density at radius 3 is 2.29 bits per heavy atom. The summed E-state index contributed by atoms with van der Waals surface area (Å²) in [5.41, 5.74) is 1.66.